The van der Waals surface area contributed by atoms with Crippen molar-refractivity contribution in [3.05, 3.63) is 0 Å². The second-order valence-corrected chi connectivity index (χ2v) is 9.31. The Labute approximate surface area is 202 Å². The number of amides is 1. The van der Waals surface area contributed by atoms with Gasteiger partial charge in [0.1, 0.15) is 12.6 Å². The highest BCUT2D eigenvalue weighted by Gasteiger charge is 2.14. The molecule has 1 amide bonds. The van der Waals surface area contributed by atoms with Crippen LogP contribution in [0.2, 0.25) is 0 Å². The minimum absolute atomic E-state index is 0.0222. The molecule has 0 aromatic heterocycles. The summed E-state index contributed by atoms with van der Waals surface area (Å²) in [5.74, 6) is -1.32. The van der Waals surface area contributed by atoms with E-state index in [0.29, 0.717) is 12.8 Å². The number of carbonyl (C=O) groups is 3. The normalized spacial score (nSPS) is 11.8. The molecular formula is C27H51NO5. The molecule has 0 heterocycles. The molecule has 0 aromatic rings. The van der Waals surface area contributed by atoms with Gasteiger partial charge < -0.3 is 15.2 Å². The molecule has 0 spiro atoms. The number of hydrogen-bond donors (Lipinski definition) is 2. The predicted molar refractivity (Wildman–Crippen MR) is 134 cm³/mol. The number of carbonyl (C=O) groups excluding carboxylic acids is 2. The Balaban J connectivity index is 3.81. The summed E-state index contributed by atoms with van der Waals surface area (Å²) in [4.78, 5) is 34.2. The molecule has 0 aromatic carbocycles. The fraction of sp³-hybridized carbons (Fsp3) is 0.889. The van der Waals surface area contributed by atoms with Crippen molar-refractivity contribution in [1.82, 2.24) is 5.32 Å². The SMILES string of the molecule is CCCCCCCCCCCCCC(=O)OC(CCCC)CCCCCC(=O)NCC(=O)O. The highest BCUT2D eigenvalue weighted by molar-refractivity contribution is 5.80. The van der Waals surface area contributed by atoms with Gasteiger partial charge in [-0.3, -0.25) is 14.4 Å². The van der Waals surface area contributed by atoms with Crippen LogP contribution in [0.4, 0.5) is 0 Å². The van der Waals surface area contributed by atoms with Gasteiger partial charge in [0.25, 0.3) is 0 Å². The molecule has 0 saturated heterocycles. The van der Waals surface area contributed by atoms with Crippen molar-refractivity contribution in [2.45, 2.75) is 148 Å². The van der Waals surface area contributed by atoms with Crippen molar-refractivity contribution < 1.29 is 24.2 Å². The quantitative estimate of drug-likeness (QED) is 0.118. The third-order valence-corrected chi connectivity index (χ3v) is 6.03. The van der Waals surface area contributed by atoms with Gasteiger partial charge in [0.2, 0.25) is 5.91 Å². The molecule has 1 unspecified atom stereocenters. The average molecular weight is 470 g/mol. The number of rotatable bonds is 24. The maximum absolute atomic E-state index is 12.3. The van der Waals surface area contributed by atoms with E-state index in [-0.39, 0.29) is 24.5 Å². The first kappa shape index (κ1) is 31.4. The van der Waals surface area contributed by atoms with Crippen LogP contribution in [0.1, 0.15) is 142 Å². The Morgan fingerprint density at radius 1 is 0.667 bits per heavy atom. The second kappa shape index (κ2) is 23.6. The van der Waals surface area contributed by atoms with Gasteiger partial charge in [-0.15, -0.1) is 0 Å². The predicted octanol–water partition coefficient (Wildman–Crippen LogP) is 6.94. The van der Waals surface area contributed by atoms with Crippen molar-refractivity contribution in [3.63, 3.8) is 0 Å². The molecule has 6 nitrogen and oxygen atoms in total. The zero-order valence-electron chi connectivity index (χ0n) is 21.5. The summed E-state index contributed by atoms with van der Waals surface area (Å²) in [5.41, 5.74) is 0. The number of ether oxygens (including phenoxy) is 1. The zero-order chi connectivity index (χ0) is 24.6. The van der Waals surface area contributed by atoms with E-state index in [1.165, 1.54) is 57.8 Å². The molecule has 0 radical (unpaired) electrons. The number of unbranched alkanes of at least 4 members (excludes halogenated alkanes) is 13. The molecule has 2 N–H and O–H groups in total. The van der Waals surface area contributed by atoms with Crippen LogP contribution in [0, 0.1) is 0 Å². The Morgan fingerprint density at radius 2 is 1.15 bits per heavy atom. The average Bonchev–Trinajstić information content (AvgIpc) is 2.79. The highest BCUT2D eigenvalue weighted by Crippen LogP contribution is 2.16. The van der Waals surface area contributed by atoms with Crippen molar-refractivity contribution in [3.8, 4) is 0 Å². The van der Waals surface area contributed by atoms with Crippen LogP contribution in [0.25, 0.3) is 0 Å². The number of nitrogens with one attached hydrogen (secondary N) is 1. The lowest BCUT2D eigenvalue weighted by Crippen LogP contribution is -2.28. The third-order valence-electron chi connectivity index (χ3n) is 6.03. The van der Waals surface area contributed by atoms with E-state index in [2.05, 4.69) is 19.2 Å². The van der Waals surface area contributed by atoms with Gasteiger partial charge in [0.15, 0.2) is 0 Å². The van der Waals surface area contributed by atoms with Crippen molar-refractivity contribution in [1.29, 1.82) is 0 Å². The lowest BCUT2D eigenvalue weighted by molar-refractivity contribution is -0.150. The van der Waals surface area contributed by atoms with E-state index >= 15 is 0 Å². The molecule has 1 atom stereocenters. The monoisotopic (exact) mass is 469 g/mol. The highest BCUT2D eigenvalue weighted by atomic mass is 16.5. The molecule has 0 saturated carbocycles. The first-order valence-electron chi connectivity index (χ1n) is 13.7. The van der Waals surface area contributed by atoms with Crippen LogP contribution in [0.5, 0.6) is 0 Å². The van der Waals surface area contributed by atoms with Crippen molar-refractivity contribution in [2.24, 2.45) is 0 Å². The van der Waals surface area contributed by atoms with E-state index in [0.717, 1.165) is 57.8 Å². The van der Waals surface area contributed by atoms with Gasteiger partial charge in [0.05, 0.1) is 0 Å². The molecular weight excluding hydrogens is 418 g/mol. The Morgan fingerprint density at radius 3 is 1.73 bits per heavy atom. The van der Waals surface area contributed by atoms with Crippen LogP contribution < -0.4 is 5.32 Å². The van der Waals surface area contributed by atoms with Crippen LogP contribution in [-0.4, -0.2) is 35.6 Å². The van der Waals surface area contributed by atoms with E-state index in [1.807, 2.05) is 0 Å². The molecule has 0 aliphatic rings. The lowest BCUT2D eigenvalue weighted by atomic mass is 10.0. The van der Waals surface area contributed by atoms with Crippen LogP contribution in [0.15, 0.2) is 0 Å². The van der Waals surface area contributed by atoms with E-state index in [1.54, 1.807) is 0 Å². The van der Waals surface area contributed by atoms with Gasteiger partial charge in [0, 0.05) is 12.8 Å². The zero-order valence-corrected chi connectivity index (χ0v) is 21.5. The molecule has 0 bridgehead atoms. The second-order valence-electron chi connectivity index (χ2n) is 9.31. The summed E-state index contributed by atoms with van der Waals surface area (Å²) in [5, 5.41) is 10.9. The molecule has 0 fully saturated rings. The van der Waals surface area contributed by atoms with E-state index < -0.39 is 5.97 Å². The largest absolute Gasteiger partial charge is 0.480 e. The summed E-state index contributed by atoms with van der Waals surface area (Å²) < 4.78 is 5.75. The number of carboxylic acids is 1. The molecule has 0 rings (SSSR count). The van der Waals surface area contributed by atoms with Gasteiger partial charge in [-0.1, -0.05) is 97.3 Å². The lowest BCUT2D eigenvalue weighted by Gasteiger charge is -2.18. The van der Waals surface area contributed by atoms with Crippen LogP contribution in [-0.2, 0) is 19.1 Å². The van der Waals surface area contributed by atoms with Gasteiger partial charge in [-0.2, -0.15) is 0 Å². The Kier molecular flexibility index (Phi) is 22.4. The Bertz CT molecular complexity index is 495. The standard InChI is InChI=1S/C27H51NO5/c1-3-5-7-8-9-10-11-12-13-14-18-22-27(32)33-24(19-6-4-2)20-16-15-17-21-25(29)28-23-26(30)31/h24H,3-23H2,1-2H3,(H,28,29)(H,30,31). The summed E-state index contributed by atoms with van der Waals surface area (Å²) in [7, 11) is 0. The topological polar surface area (TPSA) is 92.7 Å². The number of aliphatic carboxylic acids is 1. The molecule has 0 aliphatic carbocycles. The number of hydrogen-bond acceptors (Lipinski definition) is 4. The first-order chi connectivity index (χ1) is 16.0. The minimum Gasteiger partial charge on any atom is -0.480 e. The summed E-state index contributed by atoms with van der Waals surface area (Å²) >= 11 is 0. The fourth-order valence-electron chi connectivity index (χ4n) is 3.97. The van der Waals surface area contributed by atoms with Crippen LogP contribution >= 0.6 is 0 Å². The van der Waals surface area contributed by atoms with Gasteiger partial charge in [-0.25, -0.2) is 0 Å². The van der Waals surface area contributed by atoms with Crippen LogP contribution in [0.3, 0.4) is 0 Å². The Hall–Kier alpha value is -1.59. The molecule has 33 heavy (non-hydrogen) atoms. The molecule has 6 heteroatoms. The molecule has 0 aliphatic heterocycles. The van der Waals surface area contributed by atoms with Crippen molar-refractivity contribution >= 4 is 17.8 Å². The summed E-state index contributed by atoms with van der Waals surface area (Å²) in [6.07, 6.45) is 21.2. The maximum Gasteiger partial charge on any atom is 0.322 e. The summed E-state index contributed by atoms with van der Waals surface area (Å²) in [6, 6.07) is 0. The number of esters is 1. The van der Waals surface area contributed by atoms with Gasteiger partial charge in [-0.05, 0) is 32.1 Å². The van der Waals surface area contributed by atoms with Gasteiger partial charge >= 0.3 is 11.9 Å². The minimum atomic E-state index is -1.03. The maximum atomic E-state index is 12.3. The first-order valence-corrected chi connectivity index (χ1v) is 13.7. The molecule has 194 valence electrons. The smallest absolute Gasteiger partial charge is 0.322 e. The van der Waals surface area contributed by atoms with E-state index in [9.17, 15) is 14.4 Å². The van der Waals surface area contributed by atoms with Crippen molar-refractivity contribution in [2.75, 3.05) is 6.54 Å². The fourth-order valence-corrected chi connectivity index (χ4v) is 3.97. The number of carboxylic acid groups (broad SMARTS) is 1. The third kappa shape index (κ3) is 23.4. The summed E-state index contributed by atoms with van der Waals surface area (Å²) in [6.45, 7) is 4.06. The van der Waals surface area contributed by atoms with E-state index in [4.69, 9.17) is 9.84 Å².